The lowest BCUT2D eigenvalue weighted by Gasteiger charge is -2.17. The predicted molar refractivity (Wildman–Crippen MR) is 77.6 cm³/mol. The fourth-order valence-corrected chi connectivity index (χ4v) is 2.63. The van der Waals surface area contributed by atoms with Crippen molar-refractivity contribution in [3.8, 4) is 5.69 Å². The largest absolute Gasteiger partial charge is 0.323 e. The number of hydrogen-bond donors (Lipinski definition) is 1. The van der Waals surface area contributed by atoms with Crippen LogP contribution >= 0.6 is 15.9 Å². The van der Waals surface area contributed by atoms with E-state index in [1.54, 1.807) is 18.6 Å². The summed E-state index contributed by atoms with van der Waals surface area (Å²) in [5.74, 6) is 0.235. The monoisotopic (exact) mass is 325 g/mol. The van der Waals surface area contributed by atoms with Crippen molar-refractivity contribution in [1.29, 1.82) is 0 Å². The normalized spacial score (nSPS) is 12.9. The van der Waals surface area contributed by atoms with Gasteiger partial charge in [-0.3, -0.25) is 0 Å². The smallest absolute Gasteiger partial charge is 0.124 e. The van der Waals surface area contributed by atoms with Gasteiger partial charge in [0.25, 0.3) is 0 Å². The Morgan fingerprint density at radius 2 is 2.16 bits per heavy atom. The zero-order valence-electron chi connectivity index (χ0n) is 11.0. The van der Waals surface area contributed by atoms with Crippen molar-refractivity contribution in [3.05, 3.63) is 46.7 Å². The number of nitrogens with zero attached hydrogens (tertiary/aromatic N) is 2. The first-order valence-electron chi connectivity index (χ1n) is 6.22. The van der Waals surface area contributed by atoms with Crippen LogP contribution in [-0.4, -0.2) is 9.55 Å². The molecule has 102 valence electrons. The molecular weight excluding hydrogens is 309 g/mol. The van der Waals surface area contributed by atoms with E-state index in [9.17, 15) is 4.39 Å². The van der Waals surface area contributed by atoms with Crippen LogP contribution in [0.15, 0.2) is 35.2 Å². The third-order valence-electron chi connectivity index (χ3n) is 2.94. The van der Waals surface area contributed by atoms with Crippen LogP contribution in [0, 0.1) is 11.7 Å². The molecule has 0 amide bonds. The summed E-state index contributed by atoms with van der Waals surface area (Å²) in [6.45, 7) is 4.27. The lowest BCUT2D eigenvalue weighted by molar-refractivity contribution is 0.498. The average Bonchev–Trinajstić information content (AvgIpc) is 2.76. The highest BCUT2D eigenvalue weighted by Crippen LogP contribution is 2.26. The minimum atomic E-state index is -0.274. The molecule has 1 aromatic heterocycles. The van der Waals surface area contributed by atoms with E-state index in [1.807, 2.05) is 4.57 Å². The van der Waals surface area contributed by atoms with Gasteiger partial charge in [-0.15, -0.1) is 0 Å². The van der Waals surface area contributed by atoms with Gasteiger partial charge in [0.1, 0.15) is 5.82 Å². The second-order valence-corrected chi connectivity index (χ2v) is 5.87. The number of rotatable bonds is 4. The van der Waals surface area contributed by atoms with Gasteiger partial charge in [0, 0.05) is 10.5 Å². The first-order chi connectivity index (χ1) is 8.99. The van der Waals surface area contributed by atoms with E-state index in [4.69, 9.17) is 5.73 Å². The Morgan fingerprint density at radius 3 is 2.79 bits per heavy atom. The number of nitrogens with two attached hydrogens (primary N) is 1. The highest BCUT2D eigenvalue weighted by Gasteiger charge is 2.15. The summed E-state index contributed by atoms with van der Waals surface area (Å²) < 4.78 is 15.7. The molecule has 0 aliphatic heterocycles. The quantitative estimate of drug-likeness (QED) is 0.928. The number of imidazole rings is 1. The molecule has 0 fully saturated rings. The van der Waals surface area contributed by atoms with Crippen LogP contribution in [0.1, 0.15) is 32.0 Å². The second kappa shape index (κ2) is 5.84. The molecule has 19 heavy (non-hydrogen) atoms. The minimum Gasteiger partial charge on any atom is -0.323 e. The third-order valence-corrected chi connectivity index (χ3v) is 3.58. The highest BCUT2D eigenvalue weighted by atomic mass is 79.9. The summed E-state index contributed by atoms with van der Waals surface area (Å²) in [7, 11) is 0. The van der Waals surface area contributed by atoms with Crippen LogP contribution in [0.2, 0.25) is 0 Å². The Kier molecular flexibility index (Phi) is 4.37. The molecule has 0 spiro atoms. The Labute approximate surface area is 120 Å². The Morgan fingerprint density at radius 1 is 1.42 bits per heavy atom. The van der Waals surface area contributed by atoms with Crippen LogP contribution in [0.3, 0.4) is 0 Å². The van der Waals surface area contributed by atoms with Gasteiger partial charge < -0.3 is 10.3 Å². The first-order valence-corrected chi connectivity index (χ1v) is 7.01. The molecule has 0 aliphatic carbocycles. The molecule has 0 radical (unpaired) electrons. The van der Waals surface area contributed by atoms with Crippen LogP contribution in [0.4, 0.5) is 4.39 Å². The molecule has 0 saturated heterocycles. The average molecular weight is 326 g/mol. The van der Waals surface area contributed by atoms with E-state index in [-0.39, 0.29) is 11.9 Å². The van der Waals surface area contributed by atoms with Crippen LogP contribution < -0.4 is 5.73 Å². The fraction of sp³-hybridized carbons (Fsp3) is 0.357. The van der Waals surface area contributed by atoms with Crippen molar-refractivity contribution < 1.29 is 4.39 Å². The number of aromatic nitrogens is 2. The molecule has 2 aromatic rings. The summed E-state index contributed by atoms with van der Waals surface area (Å²) in [5, 5.41) is 0. The summed E-state index contributed by atoms with van der Waals surface area (Å²) in [6, 6.07) is 4.50. The first kappa shape index (κ1) is 14.2. The maximum atomic E-state index is 13.1. The van der Waals surface area contributed by atoms with Crippen molar-refractivity contribution in [3.63, 3.8) is 0 Å². The minimum absolute atomic E-state index is 0.0838. The van der Waals surface area contributed by atoms with E-state index < -0.39 is 0 Å². The van der Waals surface area contributed by atoms with Crippen molar-refractivity contribution in [2.24, 2.45) is 11.7 Å². The summed E-state index contributed by atoms with van der Waals surface area (Å²) in [4.78, 5) is 4.16. The van der Waals surface area contributed by atoms with Crippen LogP contribution in [0.5, 0.6) is 0 Å². The Hall–Kier alpha value is -1.20. The molecular formula is C14H17BrFN3. The zero-order chi connectivity index (χ0) is 14.0. The van der Waals surface area contributed by atoms with Gasteiger partial charge >= 0.3 is 0 Å². The van der Waals surface area contributed by atoms with E-state index in [0.717, 1.165) is 17.8 Å². The van der Waals surface area contributed by atoms with Crippen molar-refractivity contribution in [2.45, 2.75) is 26.3 Å². The van der Waals surface area contributed by atoms with Gasteiger partial charge in [0.15, 0.2) is 0 Å². The van der Waals surface area contributed by atoms with Gasteiger partial charge in [0.2, 0.25) is 0 Å². The highest BCUT2D eigenvalue weighted by molar-refractivity contribution is 9.10. The van der Waals surface area contributed by atoms with E-state index in [0.29, 0.717) is 10.4 Å². The molecule has 3 nitrogen and oxygen atoms in total. The summed E-state index contributed by atoms with van der Waals surface area (Å²) in [6.07, 6.45) is 4.35. The maximum Gasteiger partial charge on any atom is 0.124 e. The van der Waals surface area contributed by atoms with E-state index >= 15 is 0 Å². The van der Waals surface area contributed by atoms with Crippen molar-refractivity contribution >= 4 is 15.9 Å². The van der Waals surface area contributed by atoms with Gasteiger partial charge in [-0.05, 0) is 46.5 Å². The maximum absolute atomic E-state index is 13.1. The molecule has 1 heterocycles. The molecule has 2 rings (SSSR count). The molecule has 0 bridgehead atoms. The van der Waals surface area contributed by atoms with Gasteiger partial charge in [0.05, 0.1) is 23.9 Å². The third kappa shape index (κ3) is 3.22. The van der Waals surface area contributed by atoms with Crippen LogP contribution in [-0.2, 0) is 0 Å². The molecule has 2 N–H and O–H groups in total. The van der Waals surface area contributed by atoms with Crippen molar-refractivity contribution in [1.82, 2.24) is 9.55 Å². The standard InChI is InChI=1S/C14H17BrFN3/c1-9(2)5-12(17)14-7-18-8-19(14)13-4-3-10(16)6-11(13)15/h3-4,6-9,12H,5,17H2,1-2H3. The summed E-state index contributed by atoms with van der Waals surface area (Å²) >= 11 is 3.37. The van der Waals surface area contributed by atoms with E-state index in [1.165, 1.54) is 12.1 Å². The molecule has 1 aromatic carbocycles. The molecule has 1 atom stereocenters. The fourth-order valence-electron chi connectivity index (χ4n) is 2.09. The van der Waals surface area contributed by atoms with Gasteiger partial charge in [-0.2, -0.15) is 0 Å². The van der Waals surface area contributed by atoms with E-state index in [2.05, 4.69) is 34.8 Å². The lowest BCUT2D eigenvalue weighted by atomic mass is 10.0. The molecule has 0 aliphatic rings. The number of hydrogen-bond acceptors (Lipinski definition) is 2. The SMILES string of the molecule is CC(C)CC(N)c1cncn1-c1ccc(F)cc1Br. The van der Waals surface area contributed by atoms with Crippen LogP contribution in [0.25, 0.3) is 5.69 Å². The Balaban J connectivity index is 2.38. The number of halogens is 2. The lowest BCUT2D eigenvalue weighted by Crippen LogP contribution is -2.16. The molecule has 5 heteroatoms. The number of benzene rings is 1. The van der Waals surface area contributed by atoms with Gasteiger partial charge in [-0.25, -0.2) is 9.37 Å². The summed E-state index contributed by atoms with van der Waals surface area (Å²) in [5.41, 5.74) is 7.98. The molecule has 1 unspecified atom stereocenters. The molecule has 0 saturated carbocycles. The van der Waals surface area contributed by atoms with Gasteiger partial charge in [-0.1, -0.05) is 13.8 Å². The second-order valence-electron chi connectivity index (χ2n) is 5.02. The topological polar surface area (TPSA) is 43.8 Å². The van der Waals surface area contributed by atoms with Crippen molar-refractivity contribution in [2.75, 3.05) is 0 Å². The predicted octanol–water partition coefficient (Wildman–Crippen LogP) is 3.82. The Bertz CT molecular complexity index is 566. The zero-order valence-corrected chi connectivity index (χ0v) is 12.6.